The van der Waals surface area contributed by atoms with Gasteiger partial charge in [0.15, 0.2) is 0 Å². The zero-order valence-corrected chi connectivity index (χ0v) is 19.1. The lowest BCUT2D eigenvalue weighted by atomic mass is 9.95. The molecule has 1 aliphatic rings. The number of ketones is 1. The van der Waals surface area contributed by atoms with E-state index in [9.17, 15) is 19.8 Å². The molecular weight excluding hydrogens is 432 g/mol. The number of methoxy groups -OCH3 is 1. The van der Waals surface area contributed by atoms with Gasteiger partial charge in [0.1, 0.15) is 17.3 Å². The summed E-state index contributed by atoms with van der Waals surface area (Å²) in [6, 6.07) is 10.4. The van der Waals surface area contributed by atoms with Crippen LogP contribution in [-0.2, 0) is 9.59 Å². The van der Waals surface area contributed by atoms with E-state index in [0.717, 1.165) is 13.1 Å². The first-order valence-electron chi connectivity index (χ1n) is 10.5. The third-order valence-electron chi connectivity index (χ3n) is 5.72. The Labute approximate surface area is 192 Å². The predicted molar refractivity (Wildman–Crippen MR) is 123 cm³/mol. The number of carbonyl (C=O) groups is 2. The molecule has 32 heavy (non-hydrogen) atoms. The predicted octanol–water partition coefficient (Wildman–Crippen LogP) is 3.82. The molecule has 1 aliphatic heterocycles. The highest BCUT2D eigenvalue weighted by Crippen LogP contribution is 2.41. The summed E-state index contributed by atoms with van der Waals surface area (Å²) in [7, 11) is 1.45. The molecule has 2 aromatic carbocycles. The Morgan fingerprint density at radius 3 is 2.47 bits per heavy atom. The maximum absolute atomic E-state index is 13.1. The largest absolute Gasteiger partial charge is 0.507 e. The molecule has 0 aliphatic carbocycles. The van der Waals surface area contributed by atoms with Crippen molar-refractivity contribution in [3.8, 4) is 11.5 Å². The number of aromatic hydroxyl groups is 1. The summed E-state index contributed by atoms with van der Waals surface area (Å²) in [5.74, 6) is -1.82. The van der Waals surface area contributed by atoms with E-state index in [1.807, 2.05) is 13.8 Å². The molecule has 1 amide bonds. The Balaban J connectivity index is 2.13. The number of likely N-dealkylation sites (N-methyl/N-ethyl adjacent to an activating group) is 1. The van der Waals surface area contributed by atoms with Crippen LogP contribution in [0, 0.1) is 0 Å². The summed E-state index contributed by atoms with van der Waals surface area (Å²) in [5, 5.41) is 21.9. The number of likely N-dealkylation sites (tertiary alicyclic amines) is 1. The molecule has 0 radical (unpaired) electrons. The average molecular weight is 459 g/mol. The molecule has 170 valence electrons. The second-order valence-corrected chi connectivity index (χ2v) is 7.89. The molecular formula is C24H27ClN2O5. The number of phenols is 1. The summed E-state index contributed by atoms with van der Waals surface area (Å²) in [6.07, 6.45) is 0. The number of amides is 1. The highest BCUT2D eigenvalue weighted by atomic mass is 35.5. The molecule has 2 N–H and O–H groups in total. The van der Waals surface area contributed by atoms with Gasteiger partial charge in [-0.2, -0.15) is 0 Å². The zero-order chi connectivity index (χ0) is 23.4. The summed E-state index contributed by atoms with van der Waals surface area (Å²) >= 11 is 6.19. The number of halogens is 1. The Hall–Kier alpha value is -3.03. The van der Waals surface area contributed by atoms with Crippen molar-refractivity contribution in [2.45, 2.75) is 19.9 Å². The molecule has 0 bridgehead atoms. The van der Waals surface area contributed by atoms with Crippen molar-refractivity contribution in [1.82, 2.24) is 9.80 Å². The van der Waals surface area contributed by atoms with Crippen LogP contribution in [-0.4, -0.2) is 65.0 Å². The number of hydrogen-bond acceptors (Lipinski definition) is 6. The van der Waals surface area contributed by atoms with Crippen molar-refractivity contribution in [1.29, 1.82) is 0 Å². The van der Waals surface area contributed by atoms with Crippen LogP contribution in [0.15, 0.2) is 48.0 Å². The van der Waals surface area contributed by atoms with Crippen LogP contribution in [0.2, 0.25) is 5.02 Å². The van der Waals surface area contributed by atoms with Gasteiger partial charge in [0.05, 0.1) is 24.3 Å². The molecule has 1 atom stereocenters. The van der Waals surface area contributed by atoms with Gasteiger partial charge in [-0.3, -0.25) is 9.59 Å². The lowest BCUT2D eigenvalue weighted by Gasteiger charge is -2.28. The number of hydrogen-bond donors (Lipinski definition) is 2. The number of aliphatic hydroxyl groups excluding tert-OH is 1. The maximum atomic E-state index is 13.1. The van der Waals surface area contributed by atoms with Crippen LogP contribution in [0.4, 0.5) is 0 Å². The van der Waals surface area contributed by atoms with E-state index in [-0.39, 0.29) is 16.9 Å². The Bertz CT molecular complexity index is 1050. The molecule has 0 aromatic heterocycles. The summed E-state index contributed by atoms with van der Waals surface area (Å²) in [6.45, 7) is 6.54. The zero-order valence-electron chi connectivity index (χ0n) is 18.3. The number of Topliss-reactive ketones (excluding diaryl/α,β-unsaturated/α-hetero) is 1. The first-order chi connectivity index (χ1) is 15.3. The Morgan fingerprint density at radius 1 is 1.16 bits per heavy atom. The van der Waals surface area contributed by atoms with Crippen molar-refractivity contribution in [3.63, 3.8) is 0 Å². The van der Waals surface area contributed by atoms with E-state index in [1.165, 1.54) is 24.1 Å². The number of carbonyl (C=O) groups excluding carboxylic acids is 2. The van der Waals surface area contributed by atoms with E-state index in [2.05, 4.69) is 4.90 Å². The first-order valence-corrected chi connectivity index (χ1v) is 10.8. The number of rotatable bonds is 8. The van der Waals surface area contributed by atoms with Crippen LogP contribution in [0.3, 0.4) is 0 Å². The second-order valence-electron chi connectivity index (χ2n) is 7.46. The molecule has 1 saturated heterocycles. The quantitative estimate of drug-likeness (QED) is 0.355. The molecule has 0 unspecified atom stereocenters. The summed E-state index contributed by atoms with van der Waals surface area (Å²) in [5.41, 5.74) is 0.558. The third kappa shape index (κ3) is 4.59. The highest BCUT2D eigenvalue weighted by molar-refractivity contribution is 6.46. The fourth-order valence-electron chi connectivity index (χ4n) is 3.91. The minimum absolute atomic E-state index is 0.0413. The standard InChI is InChI=1S/C24H27ClN2O5/c1-4-26(5-2)11-12-27-21(15-7-6-8-16(25)13-15)20(23(30)24(27)31)22(29)18-10-9-17(32-3)14-19(18)28/h6-10,13-14,21,28-29H,4-5,11-12H2,1-3H3/t21-/m0/s1. The van der Waals surface area contributed by atoms with Gasteiger partial charge in [0.2, 0.25) is 0 Å². The summed E-state index contributed by atoms with van der Waals surface area (Å²) in [4.78, 5) is 29.6. The fourth-order valence-corrected chi connectivity index (χ4v) is 4.11. The average Bonchev–Trinajstić information content (AvgIpc) is 3.04. The number of phenolic OH excluding ortho intramolecular Hbond substituents is 1. The molecule has 1 heterocycles. The third-order valence-corrected chi connectivity index (χ3v) is 5.95. The van der Waals surface area contributed by atoms with Gasteiger partial charge in [0.25, 0.3) is 11.7 Å². The molecule has 1 fully saturated rings. The van der Waals surface area contributed by atoms with Crippen LogP contribution >= 0.6 is 11.6 Å². The van der Waals surface area contributed by atoms with Gasteiger partial charge in [-0.05, 0) is 42.9 Å². The topological polar surface area (TPSA) is 90.3 Å². The summed E-state index contributed by atoms with van der Waals surface area (Å²) < 4.78 is 5.08. The van der Waals surface area contributed by atoms with E-state index < -0.39 is 23.5 Å². The van der Waals surface area contributed by atoms with E-state index in [0.29, 0.717) is 29.4 Å². The van der Waals surface area contributed by atoms with Crippen LogP contribution < -0.4 is 4.74 Å². The Kier molecular flexibility index (Phi) is 7.43. The minimum Gasteiger partial charge on any atom is -0.507 e. The molecule has 7 nitrogen and oxygen atoms in total. The van der Waals surface area contributed by atoms with Crippen molar-refractivity contribution in [2.24, 2.45) is 0 Å². The smallest absolute Gasteiger partial charge is 0.295 e. The van der Waals surface area contributed by atoms with Gasteiger partial charge < -0.3 is 24.7 Å². The number of ether oxygens (including phenoxy) is 1. The van der Waals surface area contributed by atoms with Gasteiger partial charge in [0, 0.05) is 24.2 Å². The van der Waals surface area contributed by atoms with Crippen LogP contribution in [0.5, 0.6) is 11.5 Å². The van der Waals surface area contributed by atoms with Gasteiger partial charge in [-0.15, -0.1) is 0 Å². The van der Waals surface area contributed by atoms with E-state index in [1.54, 1.807) is 30.3 Å². The molecule has 3 rings (SSSR count). The van der Waals surface area contributed by atoms with Crippen LogP contribution in [0.1, 0.15) is 31.0 Å². The molecule has 0 spiro atoms. The second kappa shape index (κ2) is 10.1. The van der Waals surface area contributed by atoms with Crippen molar-refractivity contribution < 1.29 is 24.5 Å². The van der Waals surface area contributed by atoms with Gasteiger partial charge in [-0.1, -0.05) is 37.6 Å². The van der Waals surface area contributed by atoms with Crippen molar-refractivity contribution in [3.05, 3.63) is 64.2 Å². The number of nitrogens with zero attached hydrogens (tertiary/aromatic N) is 2. The maximum Gasteiger partial charge on any atom is 0.295 e. The lowest BCUT2D eigenvalue weighted by Crippen LogP contribution is -2.38. The van der Waals surface area contributed by atoms with Gasteiger partial charge >= 0.3 is 0 Å². The number of aliphatic hydroxyl groups is 1. The Morgan fingerprint density at radius 2 is 1.88 bits per heavy atom. The molecule has 8 heteroatoms. The van der Waals surface area contributed by atoms with Gasteiger partial charge in [-0.25, -0.2) is 0 Å². The van der Waals surface area contributed by atoms with Crippen molar-refractivity contribution >= 4 is 29.1 Å². The monoisotopic (exact) mass is 458 g/mol. The first kappa shape index (κ1) is 23.6. The molecule has 0 saturated carbocycles. The fraction of sp³-hybridized carbons (Fsp3) is 0.333. The van der Waals surface area contributed by atoms with E-state index >= 15 is 0 Å². The molecule has 2 aromatic rings. The van der Waals surface area contributed by atoms with Crippen LogP contribution in [0.25, 0.3) is 5.76 Å². The van der Waals surface area contributed by atoms with Crippen molar-refractivity contribution in [2.75, 3.05) is 33.3 Å². The normalized spacial score (nSPS) is 17.9. The SMILES string of the molecule is CCN(CC)CCN1C(=O)C(=O)C(=C(O)c2ccc(OC)cc2O)[C@@H]1c1cccc(Cl)c1. The number of benzene rings is 2. The van der Waals surface area contributed by atoms with E-state index in [4.69, 9.17) is 16.3 Å². The minimum atomic E-state index is -0.828. The lowest BCUT2D eigenvalue weighted by molar-refractivity contribution is -0.140. The highest BCUT2D eigenvalue weighted by Gasteiger charge is 2.46.